The number of likely N-dealkylation sites (tertiary alicyclic amines) is 1. The summed E-state index contributed by atoms with van der Waals surface area (Å²) in [6.45, 7) is 4.94. The summed E-state index contributed by atoms with van der Waals surface area (Å²) in [5, 5.41) is 7.21. The predicted octanol–water partition coefficient (Wildman–Crippen LogP) is 3.07. The minimum atomic E-state index is -0.0645. The van der Waals surface area contributed by atoms with Gasteiger partial charge in [-0.1, -0.05) is 23.2 Å². The Balaban J connectivity index is 1.69. The molecule has 3 unspecified atom stereocenters. The molecule has 0 aromatic heterocycles. The first-order valence-corrected chi connectivity index (χ1v) is 7.55. The van der Waals surface area contributed by atoms with Crippen molar-refractivity contribution in [2.75, 3.05) is 25.0 Å². The van der Waals surface area contributed by atoms with E-state index in [0.29, 0.717) is 27.6 Å². The van der Waals surface area contributed by atoms with Crippen molar-refractivity contribution in [3.8, 4) is 0 Å². The lowest BCUT2D eigenvalue weighted by Crippen LogP contribution is -2.40. The predicted molar refractivity (Wildman–Crippen MR) is 81.5 cm³/mol. The van der Waals surface area contributed by atoms with E-state index >= 15 is 0 Å². The number of fused-ring (bicyclic) bond motifs is 1. The van der Waals surface area contributed by atoms with E-state index in [1.54, 1.807) is 18.2 Å². The number of carbonyl (C=O) groups is 1. The van der Waals surface area contributed by atoms with Gasteiger partial charge in [-0.25, -0.2) is 4.79 Å². The molecule has 2 heterocycles. The quantitative estimate of drug-likeness (QED) is 0.837. The third-order valence-corrected chi connectivity index (χ3v) is 5.11. The van der Waals surface area contributed by atoms with E-state index in [9.17, 15) is 4.79 Å². The second kappa shape index (κ2) is 5.43. The lowest BCUT2D eigenvalue weighted by molar-refractivity contribution is 0.203. The van der Waals surface area contributed by atoms with E-state index in [1.807, 2.05) is 4.90 Å². The SMILES string of the molecule is CC1C2CNCC2CN1C(=O)Nc1ccc(Cl)c(Cl)c1. The Morgan fingerprint density at radius 3 is 2.85 bits per heavy atom. The Labute approximate surface area is 128 Å². The van der Waals surface area contributed by atoms with Crippen molar-refractivity contribution in [1.82, 2.24) is 10.2 Å². The van der Waals surface area contributed by atoms with E-state index in [0.717, 1.165) is 19.6 Å². The Morgan fingerprint density at radius 2 is 2.15 bits per heavy atom. The standard InChI is InChI=1S/C14H17Cl2N3O/c1-8-11-6-17-5-9(11)7-19(8)14(20)18-10-2-3-12(15)13(16)4-10/h2-4,8-9,11,17H,5-7H2,1H3,(H,18,20). The molecule has 0 radical (unpaired) electrons. The fourth-order valence-corrected chi connectivity index (χ4v) is 3.50. The van der Waals surface area contributed by atoms with Gasteiger partial charge in [0.05, 0.1) is 10.0 Å². The number of carbonyl (C=O) groups excluding carboxylic acids is 1. The normalized spacial score (nSPS) is 28.6. The smallest absolute Gasteiger partial charge is 0.321 e. The van der Waals surface area contributed by atoms with Gasteiger partial charge in [0.15, 0.2) is 0 Å². The molecular weight excluding hydrogens is 297 g/mol. The molecule has 0 aliphatic carbocycles. The van der Waals surface area contributed by atoms with Gasteiger partial charge in [-0.2, -0.15) is 0 Å². The molecule has 4 nitrogen and oxygen atoms in total. The zero-order valence-corrected chi connectivity index (χ0v) is 12.7. The average Bonchev–Trinajstić information content (AvgIpc) is 2.97. The van der Waals surface area contributed by atoms with Gasteiger partial charge in [0, 0.05) is 31.4 Å². The molecule has 20 heavy (non-hydrogen) atoms. The van der Waals surface area contributed by atoms with Crippen LogP contribution >= 0.6 is 23.2 Å². The van der Waals surface area contributed by atoms with Crippen LogP contribution in [-0.4, -0.2) is 36.6 Å². The maximum atomic E-state index is 12.4. The summed E-state index contributed by atoms with van der Waals surface area (Å²) in [4.78, 5) is 14.3. The van der Waals surface area contributed by atoms with Gasteiger partial charge >= 0.3 is 6.03 Å². The van der Waals surface area contributed by atoms with E-state index in [-0.39, 0.29) is 12.1 Å². The van der Waals surface area contributed by atoms with Crippen LogP contribution in [0.3, 0.4) is 0 Å². The largest absolute Gasteiger partial charge is 0.322 e. The van der Waals surface area contributed by atoms with Gasteiger partial charge in [0.2, 0.25) is 0 Å². The van der Waals surface area contributed by atoms with Gasteiger partial charge < -0.3 is 15.5 Å². The highest BCUT2D eigenvalue weighted by molar-refractivity contribution is 6.42. The fraction of sp³-hybridized carbons (Fsp3) is 0.500. The molecule has 6 heteroatoms. The summed E-state index contributed by atoms with van der Waals surface area (Å²) in [5.74, 6) is 1.14. The number of urea groups is 1. The number of nitrogens with zero attached hydrogens (tertiary/aromatic N) is 1. The number of hydrogen-bond acceptors (Lipinski definition) is 2. The first-order chi connectivity index (χ1) is 9.56. The number of anilines is 1. The van der Waals surface area contributed by atoms with Crippen molar-refractivity contribution in [2.24, 2.45) is 11.8 Å². The minimum Gasteiger partial charge on any atom is -0.321 e. The summed E-state index contributed by atoms with van der Waals surface area (Å²) in [6, 6.07) is 5.31. The zero-order valence-electron chi connectivity index (χ0n) is 11.2. The van der Waals surface area contributed by atoms with Crippen molar-refractivity contribution < 1.29 is 4.79 Å². The summed E-state index contributed by atoms with van der Waals surface area (Å²) in [5.41, 5.74) is 0.673. The summed E-state index contributed by atoms with van der Waals surface area (Å²) in [7, 11) is 0. The number of nitrogens with one attached hydrogen (secondary N) is 2. The molecular formula is C14H17Cl2N3O. The molecule has 0 bridgehead atoms. The fourth-order valence-electron chi connectivity index (χ4n) is 3.20. The molecule has 1 aromatic carbocycles. The van der Waals surface area contributed by atoms with E-state index < -0.39 is 0 Å². The Bertz CT molecular complexity index is 537. The molecule has 2 amide bonds. The van der Waals surface area contributed by atoms with Crippen molar-refractivity contribution in [3.05, 3.63) is 28.2 Å². The lowest BCUT2D eigenvalue weighted by atomic mass is 9.95. The lowest BCUT2D eigenvalue weighted by Gasteiger charge is -2.24. The van der Waals surface area contributed by atoms with Crippen LogP contribution in [0, 0.1) is 11.8 Å². The maximum Gasteiger partial charge on any atom is 0.322 e. The Morgan fingerprint density at radius 1 is 1.35 bits per heavy atom. The van der Waals surface area contributed by atoms with Gasteiger partial charge in [0.1, 0.15) is 0 Å². The molecule has 0 spiro atoms. The average molecular weight is 314 g/mol. The van der Waals surface area contributed by atoms with Crippen LogP contribution in [0.1, 0.15) is 6.92 Å². The molecule has 3 atom stereocenters. The third-order valence-electron chi connectivity index (χ3n) is 4.37. The zero-order chi connectivity index (χ0) is 14.3. The summed E-state index contributed by atoms with van der Waals surface area (Å²) in [6.07, 6.45) is 0. The minimum absolute atomic E-state index is 0.0645. The van der Waals surface area contributed by atoms with E-state index in [1.165, 1.54) is 0 Å². The van der Waals surface area contributed by atoms with Crippen molar-refractivity contribution in [2.45, 2.75) is 13.0 Å². The maximum absolute atomic E-state index is 12.4. The number of benzene rings is 1. The molecule has 1 aromatic rings. The van der Waals surface area contributed by atoms with Crippen LogP contribution in [0.5, 0.6) is 0 Å². The highest BCUT2D eigenvalue weighted by atomic mass is 35.5. The number of hydrogen-bond donors (Lipinski definition) is 2. The number of amides is 2. The van der Waals surface area contributed by atoms with Crippen LogP contribution < -0.4 is 10.6 Å². The molecule has 2 N–H and O–H groups in total. The van der Waals surface area contributed by atoms with Crippen LogP contribution in [-0.2, 0) is 0 Å². The van der Waals surface area contributed by atoms with Crippen LogP contribution in [0.2, 0.25) is 10.0 Å². The monoisotopic (exact) mass is 313 g/mol. The highest BCUT2D eigenvalue weighted by Crippen LogP contribution is 2.33. The Hall–Kier alpha value is -0.970. The van der Waals surface area contributed by atoms with Crippen molar-refractivity contribution in [1.29, 1.82) is 0 Å². The third kappa shape index (κ3) is 2.48. The van der Waals surface area contributed by atoms with E-state index in [2.05, 4.69) is 17.6 Å². The van der Waals surface area contributed by atoms with Crippen LogP contribution in [0.15, 0.2) is 18.2 Å². The molecule has 2 fully saturated rings. The first kappa shape index (κ1) is 14.0. The highest BCUT2D eigenvalue weighted by Gasteiger charge is 2.43. The molecule has 3 rings (SSSR count). The van der Waals surface area contributed by atoms with Gasteiger partial charge in [0.25, 0.3) is 0 Å². The second-order valence-electron chi connectivity index (χ2n) is 5.53. The van der Waals surface area contributed by atoms with Crippen molar-refractivity contribution >= 4 is 34.9 Å². The van der Waals surface area contributed by atoms with Gasteiger partial charge in [-0.05, 0) is 37.0 Å². The van der Waals surface area contributed by atoms with Crippen LogP contribution in [0.4, 0.5) is 10.5 Å². The molecule has 108 valence electrons. The van der Waals surface area contributed by atoms with Gasteiger partial charge in [-0.3, -0.25) is 0 Å². The first-order valence-electron chi connectivity index (χ1n) is 6.79. The topological polar surface area (TPSA) is 44.4 Å². The molecule has 0 saturated carbocycles. The number of halogens is 2. The van der Waals surface area contributed by atoms with Crippen LogP contribution in [0.25, 0.3) is 0 Å². The second-order valence-corrected chi connectivity index (χ2v) is 6.35. The van der Waals surface area contributed by atoms with E-state index in [4.69, 9.17) is 23.2 Å². The summed E-state index contributed by atoms with van der Waals surface area (Å²) >= 11 is 11.8. The van der Waals surface area contributed by atoms with Crippen molar-refractivity contribution in [3.63, 3.8) is 0 Å². The molecule has 2 aliphatic rings. The molecule has 2 saturated heterocycles. The summed E-state index contributed by atoms with van der Waals surface area (Å²) < 4.78 is 0. The van der Waals surface area contributed by atoms with Gasteiger partial charge in [-0.15, -0.1) is 0 Å². The Kier molecular flexibility index (Phi) is 3.80. The number of rotatable bonds is 1. The molecule has 2 aliphatic heterocycles.